The van der Waals surface area contributed by atoms with Gasteiger partial charge in [0.25, 0.3) is 5.91 Å². The van der Waals surface area contributed by atoms with Crippen LogP contribution in [-0.4, -0.2) is 44.0 Å². The second-order valence-corrected chi connectivity index (χ2v) is 6.88. The Morgan fingerprint density at radius 2 is 1.92 bits per heavy atom. The van der Waals surface area contributed by atoms with Crippen LogP contribution in [0.15, 0.2) is 40.9 Å². The molecule has 0 saturated heterocycles. The predicted molar refractivity (Wildman–Crippen MR) is 108 cm³/mol. The molecule has 1 aromatic carbocycles. The minimum absolute atomic E-state index is 0.0204. The second kappa shape index (κ2) is 10.6. The molecule has 0 fully saturated rings. The summed E-state index contributed by atoms with van der Waals surface area (Å²) < 4.78 is 0. The van der Waals surface area contributed by atoms with Gasteiger partial charge in [-0.15, -0.1) is 0 Å². The molecule has 0 atom stereocenters. The lowest BCUT2D eigenvalue weighted by Crippen LogP contribution is -2.37. The highest BCUT2D eigenvalue weighted by molar-refractivity contribution is 5.93. The summed E-state index contributed by atoms with van der Waals surface area (Å²) in [6, 6.07) is 7.67. The lowest BCUT2D eigenvalue weighted by atomic mass is 9.97. The number of rotatable bonds is 7. The summed E-state index contributed by atoms with van der Waals surface area (Å²) in [7, 11) is 3.52. The zero-order valence-corrected chi connectivity index (χ0v) is 16.3. The monoisotopic (exact) mass is 356 g/mol. The van der Waals surface area contributed by atoms with E-state index in [4.69, 9.17) is 0 Å². The van der Waals surface area contributed by atoms with Gasteiger partial charge in [0, 0.05) is 32.7 Å². The molecule has 0 radical (unpaired) electrons. The number of aliphatic imine (C=N–C) groups is 1. The molecule has 26 heavy (non-hydrogen) atoms. The smallest absolute Gasteiger partial charge is 0.253 e. The molecule has 2 rings (SSSR count). The third-order valence-corrected chi connectivity index (χ3v) is 4.49. The minimum Gasteiger partial charge on any atom is -0.357 e. The van der Waals surface area contributed by atoms with E-state index in [1.54, 1.807) is 24.6 Å². The molecule has 2 N–H and O–H groups in total. The number of hydrogen-bond acceptors (Lipinski definition) is 2. The first-order valence-electron chi connectivity index (χ1n) is 9.61. The quantitative estimate of drug-likeness (QED) is 0.448. The molecule has 0 unspecified atom stereocenters. The normalized spacial score (nSPS) is 14.6. The number of guanidine groups is 1. The molecule has 0 aliphatic heterocycles. The SMILES string of the molecule is CCNC(=NCc1ccc(C(=O)N(C)C)cc1)NCCC1=CCCCC1. The van der Waals surface area contributed by atoms with Crippen LogP contribution in [0.25, 0.3) is 0 Å². The van der Waals surface area contributed by atoms with E-state index >= 15 is 0 Å². The van der Waals surface area contributed by atoms with Crippen LogP contribution in [0.1, 0.15) is 54.9 Å². The Kier molecular flexibility index (Phi) is 8.19. The van der Waals surface area contributed by atoms with Crippen LogP contribution in [0.3, 0.4) is 0 Å². The van der Waals surface area contributed by atoms with Crippen LogP contribution >= 0.6 is 0 Å². The molecule has 142 valence electrons. The Morgan fingerprint density at radius 1 is 1.15 bits per heavy atom. The van der Waals surface area contributed by atoms with Gasteiger partial charge in [-0.2, -0.15) is 0 Å². The molecular formula is C21H32N4O. The zero-order valence-electron chi connectivity index (χ0n) is 16.3. The predicted octanol–water partition coefficient (Wildman–Crippen LogP) is 3.33. The third kappa shape index (κ3) is 6.54. The van der Waals surface area contributed by atoms with Crippen LogP contribution in [0.5, 0.6) is 0 Å². The first kappa shape index (κ1) is 20.0. The van der Waals surface area contributed by atoms with Crippen LogP contribution in [0, 0.1) is 0 Å². The first-order valence-corrected chi connectivity index (χ1v) is 9.61. The van der Waals surface area contributed by atoms with Gasteiger partial charge in [-0.3, -0.25) is 4.79 Å². The number of benzene rings is 1. The molecule has 1 amide bonds. The van der Waals surface area contributed by atoms with Gasteiger partial charge in [0.15, 0.2) is 5.96 Å². The lowest BCUT2D eigenvalue weighted by molar-refractivity contribution is 0.0827. The fourth-order valence-corrected chi connectivity index (χ4v) is 3.00. The van der Waals surface area contributed by atoms with E-state index in [-0.39, 0.29) is 5.91 Å². The molecule has 1 aliphatic carbocycles. The van der Waals surface area contributed by atoms with E-state index < -0.39 is 0 Å². The number of nitrogens with one attached hydrogen (secondary N) is 2. The Morgan fingerprint density at radius 3 is 2.54 bits per heavy atom. The Bertz CT molecular complexity index is 632. The van der Waals surface area contributed by atoms with Gasteiger partial charge >= 0.3 is 0 Å². The summed E-state index contributed by atoms with van der Waals surface area (Å²) >= 11 is 0. The Labute approximate surface area is 157 Å². The van der Waals surface area contributed by atoms with Crippen molar-refractivity contribution in [3.05, 3.63) is 47.0 Å². The largest absolute Gasteiger partial charge is 0.357 e. The maximum absolute atomic E-state index is 11.9. The zero-order chi connectivity index (χ0) is 18.8. The van der Waals surface area contributed by atoms with Crippen molar-refractivity contribution < 1.29 is 4.79 Å². The van der Waals surface area contributed by atoms with Crippen molar-refractivity contribution in [3.8, 4) is 0 Å². The standard InChI is InChI=1S/C21H32N4O/c1-4-22-21(23-15-14-17-8-6-5-7-9-17)24-16-18-10-12-19(13-11-18)20(26)25(2)3/h8,10-13H,4-7,9,14-16H2,1-3H3,(H2,22,23,24). The van der Waals surface area contributed by atoms with Crippen LogP contribution in [0.2, 0.25) is 0 Å². The topological polar surface area (TPSA) is 56.7 Å². The van der Waals surface area contributed by atoms with Gasteiger partial charge in [-0.1, -0.05) is 23.8 Å². The average Bonchev–Trinajstić information content (AvgIpc) is 2.66. The van der Waals surface area contributed by atoms with Crippen molar-refractivity contribution in [2.75, 3.05) is 27.2 Å². The summed E-state index contributed by atoms with van der Waals surface area (Å²) in [4.78, 5) is 18.2. The minimum atomic E-state index is 0.0204. The van der Waals surface area contributed by atoms with Crippen molar-refractivity contribution in [2.24, 2.45) is 4.99 Å². The van der Waals surface area contributed by atoms with Crippen molar-refractivity contribution in [1.29, 1.82) is 0 Å². The van der Waals surface area contributed by atoms with Crippen LogP contribution in [0.4, 0.5) is 0 Å². The van der Waals surface area contributed by atoms with E-state index in [2.05, 4.69) is 28.6 Å². The molecule has 1 aromatic rings. The molecule has 0 bridgehead atoms. The fraction of sp³-hybridized carbons (Fsp3) is 0.524. The summed E-state index contributed by atoms with van der Waals surface area (Å²) in [6.07, 6.45) is 8.62. The highest BCUT2D eigenvalue weighted by atomic mass is 16.2. The van der Waals surface area contributed by atoms with Crippen LogP contribution < -0.4 is 10.6 Å². The van der Waals surface area contributed by atoms with Gasteiger partial charge < -0.3 is 15.5 Å². The fourth-order valence-electron chi connectivity index (χ4n) is 3.00. The second-order valence-electron chi connectivity index (χ2n) is 6.88. The average molecular weight is 357 g/mol. The molecule has 1 aliphatic rings. The summed E-state index contributed by atoms with van der Waals surface area (Å²) in [5.41, 5.74) is 3.36. The van der Waals surface area contributed by atoms with Crippen molar-refractivity contribution in [2.45, 2.75) is 45.6 Å². The molecule has 0 spiro atoms. The van der Waals surface area contributed by atoms with Gasteiger partial charge in [0.1, 0.15) is 0 Å². The van der Waals surface area contributed by atoms with E-state index in [0.717, 1.165) is 31.0 Å². The van der Waals surface area contributed by atoms with E-state index in [1.807, 2.05) is 24.3 Å². The summed E-state index contributed by atoms with van der Waals surface area (Å²) in [5.74, 6) is 0.865. The number of hydrogen-bond donors (Lipinski definition) is 2. The Hall–Kier alpha value is -2.30. The highest BCUT2D eigenvalue weighted by Gasteiger charge is 2.07. The third-order valence-electron chi connectivity index (χ3n) is 4.49. The first-order chi connectivity index (χ1) is 12.6. The molecule has 0 heterocycles. The molecule has 0 aromatic heterocycles. The number of nitrogens with zero attached hydrogens (tertiary/aromatic N) is 2. The van der Waals surface area contributed by atoms with E-state index in [1.165, 1.54) is 25.7 Å². The van der Waals surface area contributed by atoms with Crippen LogP contribution in [-0.2, 0) is 6.54 Å². The molecule has 5 nitrogen and oxygen atoms in total. The van der Waals surface area contributed by atoms with E-state index in [9.17, 15) is 4.79 Å². The molecule has 0 saturated carbocycles. The summed E-state index contributed by atoms with van der Waals surface area (Å²) in [6.45, 7) is 4.41. The van der Waals surface area contributed by atoms with Gasteiger partial charge in [-0.05, 0) is 56.7 Å². The van der Waals surface area contributed by atoms with Gasteiger partial charge in [0.2, 0.25) is 0 Å². The highest BCUT2D eigenvalue weighted by Crippen LogP contribution is 2.19. The number of carbonyl (C=O) groups excluding carboxylic acids is 1. The number of amides is 1. The van der Waals surface area contributed by atoms with Crippen molar-refractivity contribution in [3.63, 3.8) is 0 Å². The maximum atomic E-state index is 11.9. The van der Waals surface area contributed by atoms with Crippen molar-refractivity contribution >= 4 is 11.9 Å². The van der Waals surface area contributed by atoms with E-state index in [0.29, 0.717) is 12.1 Å². The summed E-state index contributed by atoms with van der Waals surface area (Å²) in [5, 5.41) is 6.71. The lowest BCUT2D eigenvalue weighted by Gasteiger charge is -2.15. The maximum Gasteiger partial charge on any atom is 0.253 e. The molecular weight excluding hydrogens is 324 g/mol. The van der Waals surface area contributed by atoms with Gasteiger partial charge in [0.05, 0.1) is 6.54 Å². The van der Waals surface area contributed by atoms with Crippen molar-refractivity contribution in [1.82, 2.24) is 15.5 Å². The number of carbonyl (C=O) groups is 1. The Balaban J connectivity index is 1.87. The molecule has 5 heteroatoms. The van der Waals surface area contributed by atoms with Gasteiger partial charge in [-0.25, -0.2) is 4.99 Å². The number of allylic oxidation sites excluding steroid dienone is 1.